The van der Waals surface area contributed by atoms with E-state index in [1.54, 1.807) is 0 Å². The minimum atomic E-state index is -0.273. The number of carbonyl (C=O) groups excluding carboxylic acids is 1. The van der Waals surface area contributed by atoms with Crippen molar-refractivity contribution in [1.29, 1.82) is 0 Å². The third-order valence-electron chi connectivity index (χ3n) is 6.05. The van der Waals surface area contributed by atoms with Gasteiger partial charge in [-0.3, -0.25) is 9.69 Å². The number of hydrogen-bond donors (Lipinski definition) is 0. The Morgan fingerprint density at radius 2 is 1.81 bits per heavy atom. The Morgan fingerprint density at radius 3 is 2.54 bits per heavy atom. The Balaban J connectivity index is 1.33. The number of likely N-dealkylation sites (tertiary alicyclic amines) is 1. The molecule has 0 N–H and O–H groups in total. The molecule has 3 atom stereocenters. The van der Waals surface area contributed by atoms with Gasteiger partial charge in [-0.2, -0.15) is 0 Å². The van der Waals surface area contributed by atoms with Crippen molar-refractivity contribution in [2.24, 2.45) is 0 Å². The van der Waals surface area contributed by atoms with Gasteiger partial charge in [0.25, 0.3) is 5.91 Å². The summed E-state index contributed by atoms with van der Waals surface area (Å²) in [5.41, 5.74) is 1.13. The van der Waals surface area contributed by atoms with Crippen LogP contribution in [0.5, 0.6) is 0 Å². The van der Waals surface area contributed by atoms with E-state index in [0.717, 1.165) is 64.1 Å². The van der Waals surface area contributed by atoms with Crippen molar-refractivity contribution in [3.05, 3.63) is 35.6 Å². The lowest BCUT2D eigenvalue weighted by Gasteiger charge is -2.39. The van der Waals surface area contributed by atoms with E-state index in [0.29, 0.717) is 6.04 Å². The summed E-state index contributed by atoms with van der Waals surface area (Å²) in [6.45, 7) is 5.29. The lowest BCUT2D eigenvalue weighted by molar-refractivity contribution is -0.156. The monoisotopic (exact) mass is 361 g/mol. The molecular formula is C20H28FN3O2. The number of fused-ring (bicyclic) bond motifs is 1. The topological polar surface area (TPSA) is 36.0 Å². The molecule has 0 bridgehead atoms. The maximum Gasteiger partial charge on any atom is 0.251 e. The van der Waals surface area contributed by atoms with Crippen molar-refractivity contribution in [1.82, 2.24) is 14.7 Å². The van der Waals surface area contributed by atoms with Crippen molar-refractivity contribution in [2.75, 3.05) is 39.8 Å². The average Bonchev–Trinajstić information content (AvgIpc) is 3.06. The van der Waals surface area contributed by atoms with Gasteiger partial charge in [0.05, 0.1) is 6.10 Å². The largest absolute Gasteiger partial charge is 0.363 e. The lowest BCUT2D eigenvalue weighted by Crippen LogP contribution is -2.53. The maximum atomic E-state index is 13.1. The predicted octanol–water partition coefficient (Wildman–Crippen LogP) is 1.72. The van der Waals surface area contributed by atoms with Gasteiger partial charge in [0.2, 0.25) is 0 Å². The number of halogens is 1. The molecule has 26 heavy (non-hydrogen) atoms. The molecule has 6 heteroatoms. The number of nitrogens with zero attached hydrogens (tertiary/aromatic N) is 3. The summed E-state index contributed by atoms with van der Waals surface area (Å²) in [4.78, 5) is 19.4. The Bertz CT molecular complexity index is 630. The normalized spacial score (nSPS) is 30.4. The molecule has 3 aliphatic heterocycles. The number of carbonyl (C=O) groups is 1. The number of piperazine rings is 1. The average molecular weight is 361 g/mol. The zero-order valence-corrected chi connectivity index (χ0v) is 15.4. The Morgan fingerprint density at radius 1 is 1.08 bits per heavy atom. The van der Waals surface area contributed by atoms with Crippen LogP contribution in [-0.2, 0) is 16.1 Å². The first kappa shape index (κ1) is 17.9. The zero-order chi connectivity index (χ0) is 18.1. The van der Waals surface area contributed by atoms with Crippen LogP contribution in [0.4, 0.5) is 4.39 Å². The standard InChI is InChI=1S/C20H28FN3O2/c1-22-10-12-23(13-11-22)20(25)19-7-6-17-18(26-19)8-9-24(17)14-15-2-4-16(21)5-3-15/h2-5,17-19H,6-14H2,1H3/t17-,18-,19+/m1/s1. The number of amides is 1. The van der Waals surface area contributed by atoms with Gasteiger partial charge in [0, 0.05) is 45.3 Å². The first-order valence-electron chi connectivity index (χ1n) is 9.71. The molecule has 0 unspecified atom stereocenters. The molecule has 1 aromatic carbocycles. The molecule has 1 aromatic rings. The lowest BCUT2D eigenvalue weighted by atomic mass is 9.98. The van der Waals surface area contributed by atoms with Crippen molar-refractivity contribution in [2.45, 2.75) is 44.1 Å². The summed E-state index contributed by atoms with van der Waals surface area (Å²) in [5.74, 6) is -0.0205. The fraction of sp³-hybridized carbons (Fsp3) is 0.650. The summed E-state index contributed by atoms with van der Waals surface area (Å²) in [5, 5.41) is 0. The molecule has 5 nitrogen and oxygen atoms in total. The number of likely N-dealkylation sites (N-methyl/N-ethyl adjacent to an activating group) is 1. The SMILES string of the molecule is CN1CCN(C(=O)[C@@H]2CC[C@@H]3[C@@H](CCN3Cc3ccc(F)cc3)O2)CC1. The summed E-state index contributed by atoms with van der Waals surface area (Å²) in [6.07, 6.45) is 2.64. The van der Waals surface area contributed by atoms with Crippen molar-refractivity contribution < 1.29 is 13.9 Å². The highest BCUT2D eigenvalue weighted by Crippen LogP contribution is 2.33. The number of ether oxygens (including phenoxy) is 1. The van der Waals surface area contributed by atoms with E-state index in [-0.39, 0.29) is 23.9 Å². The first-order chi connectivity index (χ1) is 12.6. The predicted molar refractivity (Wildman–Crippen MR) is 97.2 cm³/mol. The van der Waals surface area contributed by atoms with Crippen LogP contribution in [-0.4, -0.2) is 78.6 Å². The van der Waals surface area contributed by atoms with Gasteiger partial charge in [0.1, 0.15) is 11.9 Å². The molecule has 3 fully saturated rings. The van der Waals surface area contributed by atoms with Crippen molar-refractivity contribution in [3.8, 4) is 0 Å². The summed E-state index contributed by atoms with van der Waals surface area (Å²) >= 11 is 0. The summed E-state index contributed by atoms with van der Waals surface area (Å²) in [6, 6.07) is 7.12. The van der Waals surface area contributed by atoms with Crippen LogP contribution in [0, 0.1) is 5.82 Å². The van der Waals surface area contributed by atoms with E-state index in [9.17, 15) is 9.18 Å². The number of hydrogen-bond acceptors (Lipinski definition) is 4. The third-order valence-corrected chi connectivity index (χ3v) is 6.05. The van der Waals surface area contributed by atoms with Gasteiger partial charge in [-0.05, 0) is 44.0 Å². The highest BCUT2D eigenvalue weighted by atomic mass is 19.1. The van der Waals surface area contributed by atoms with E-state index < -0.39 is 0 Å². The molecule has 0 aliphatic carbocycles. The highest BCUT2D eigenvalue weighted by molar-refractivity contribution is 5.81. The molecule has 3 heterocycles. The smallest absolute Gasteiger partial charge is 0.251 e. The molecular weight excluding hydrogens is 333 g/mol. The van der Waals surface area contributed by atoms with E-state index in [4.69, 9.17) is 4.74 Å². The second-order valence-electron chi connectivity index (χ2n) is 7.82. The van der Waals surface area contributed by atoms with Crippen LogP contribution in [0.3, 0.4) is 0 Å². The summed E-state index contributed by atoms with van der Waals surface area (Å²) < 4.78 is 19.3. The Labute approximate surface area is 154 Å². The molecule has 1 amide bonds. The molecule has 142 valence electrons. The van der Waals surface area contributed by atoms with Gasteiger partial charge < -0.3 is 14.5 Å². The van der Waals surface area contributed by atoms with Gasteiger partial charge in [-0.1, -0.05) is 12.1 Å². The Hall–Kier alpha value is -1.50. The van der Waals surface area contributed by atoms with E-state index in [1.807, 2.05) is 17.0 Å². The molecule has 0 spiro atoms. The maximum absolute atomic E-state index is 13.1. The van der Waals surface area contributed by atoms with E-state index >= 15 is 0 Å². The molecule has 0 radical (unpaired) electrons. The van der Waals surface area contributed by atoms with Gasteiger partial charge in [-0.25, -0.2) is 4.39 Å². The van der Waals surface area contributed by atoms with Crippen molar-refractivity contribution in [3.63, 3.8) is 0 Å². The van der Waals surface area contributed by atoms with Crippen LogP contribution in [0.1, 0.15) is 24.8 Å². The van der Waals surface area contributed by atoms with Gasteiger partial charge >= 0.3 is 0 Å². The Kier molecular flexibility index (Phi) is 5.25. The molecule has 0 saturated carbocycles. The van der Waals surface area contributed by atoms with Crippen LogP contribution in [0.2, 0.25) is 0 Å². The molecule has 0 aromatic heterocycles. The highest BCUT2D eigenvalue weighted by Gasteiger charge is 2.42. The van der Waals surface area contributed by atoms with Gasteiger partial charge in [0.15, 0.2) is 0 Å². The fourth-order valence-corrected chi connectivity index (χ4v) is 4.45. The quantitative estimate of drug-likeness (QED) is 0.821. The molecule has 3 saturated heterocycles. The van der Waals surface area contributed by atoms with Crippen LogP contribution >= 0.6 is 0 Å². The van der Waals surface area contributed by atoms with Crippen LogP contribution in [0.15, 0.2) is 24.3 Å². The number of rotatable bonds is 3. The zero-order valence-electron chi connectivity index (χ0n) is 15.4. The van der Waals surface area contributed by atoms with Crippen LogP contribution in [0.25, 0.3) is 0 Å². The second-order valence-corrected chi connectivity index (χ2v) is 7.82. The van der Waals surface area contributed by atoms with E-state index in [2.05, 4.69) is 16.8 Å². The minimum absolute atomic E-state index is 0.144. The second kappa shape index (κ2) is 7.62. The van der Waals surface area contributed by atoms with Crippen molar-refractivity contribution >= 4 is 5.91 Å². The number of benzene rings is 1. The third kappa shape index (κ3) is 3.77. The minimum Gasteiger partial charge on any atom is -0.363 e. The summed E-state index contributed by atoms with van der Waals surface area (Å²) in [7, 11) is 2.09. The first-order valence-corrected chi connectivity index (χ1v) is 9.71. The molecule has 4 rings (SSSR count). The van der Waals surface area contributed by atoms with E-state index in [1.165, 1.54) is 12.1 Å². The van der Waals surface area contributed by atoms with Crippen LogP contribution < -0.4 is 0 Å². The fourth-order valence-electron chi connectivity index (χ4n) is 4.45. The molecule has 3 aliphatic rings. The van der Waals surface area contributed by atoms with Gasteiger partial charge in [-0.15, -0.1) is 0 Å².